The first kappa shape index (κ1) is 18.7. The van der Waals surface area contributed by atoms with Crippen LogP contribution in [0, 0.1) is 11.3 Å². The summed E-state index contributed by atoms with van der Waals surface area (Å²) in [6, 6.07) is 9.58. The fourth-order valence-electron chi connectivity index (χ4n) is 2.66. The van der Waals surface area contributed by atoms with Crippen LogP contribution in [0.25, 0.3) is 17.4 Å². The molecule has 1 aromatic heterocycles. The SMILES string of the molecule is N#C/C(=C/c1ccc(-c2cccc(C(F)(F)F)c2)o1)C(=O)N1CCOCC1. The number of furan rings is 1. The summed E-state index contributed by atoms with van der Waals surface area (Å²) in [4.78, 5) is 13.9. The van der Waals surface area contributed by atoms with Crippen molar-refractivity contribution in [2.24, 2.45) is 0 Å². The number of carbonyl (C=O) groups is 1. The van der Waals surface area contributed by atoms with E-state index >= 15 is 0 Å². The second-order valence-corrected chi connectivity index (χ2v) is 5.85. The highest BCUT2D eigenvalue weighted by atomic mass is 19.4. The number of nitrogens with zero attached hydrogens (tertiary/aromatic N) is 2. The van der Waals surface area contributed by atoms with Crippen molar-refractivity contribution in [1.29, 1.82) is 5.26 Å². The van der Waals surface area contributed by atoms with Crippen molar-refractivity contribution < 1.29 is 27.1 Å². The van der Waals surface area contributed by atoms with Crippen LogP contribution in [0.4, 0.5) is 13.2 Å². The van der Waals surface area contributed by atoms with Crippen LogP contribution in [0.1, 0.15) is 11.3 Å². The Kier molecular flexibility index (Phi) is 5.33. The Bertz CT molecular complexity index is 903. The summed E-state index contributed by atoms with van der Waals surface area (Å²) in [6.45, 7) is 1.60. The summed E-state index contributed by atoms with van der Waals surface area (Å²) >= 11 is 0. The molecule has 0 atom stereocenters. The monoisotopic (exact) mass is 376 g/mol. The number of hydrogen-bond acceptors (Lipinski definition) is 4. The molecule has 2 heterocycles. The molecule has 0 spiro atoms. The van der Waals surface area contributed by atoms with Crippen LogP contribution in [0.2, 0.25) is 0 Å². The summed E-state index contributed by atoms with van der Waals surface area (Å²) in [5, 5.41) is 9.27. The molecule has 1 aliphatic heterocycles. The number of halogens is 3. The standard InChI is InChI=1S/C19H15F3N2O3/c20-19(21,22)15-3-1-2-13(10-15)17-5-4-16(27-17)11-14(12-23)18(25)24-6-8-26-9-7-24/h1-5,10-11H,6-9H2/b14-11-. The Morgan fingerprint density at radius 3 is 2.59 bits per heavy atom. The van der Waals surface area contributed by atoms with Gasteiger partial charge in [-0.2, -0.15) is 18.4 Å². The van der Waals surface area contributed by atoms with Crippen molar-refractivity contribution in [3.63, 3.8) is 0 Å². The predicted octanol–water partition coefficient (Wildman–Crippen LogP) is 3.73. The van der Waals surface area contributed by atoms with Crippen molar-refractivity contribution in [2.75, 3.05) is 26.3 Å². The number of nitriles is 1. The molecule has 27 heavy (non-hydrogen) atoms. The molecule has 1 aliphatic rings. The summed E-state index contributed by atoms with van der Waals surface area (Å²) in [7, 11) is 0. The van der Waals surface area contributed by atoms with Gasteiger partial charge in [0.25, 0.3) is 5.91 Å². The zero-order valence-electron chi connectivity index (χ0n) is 14.1. The van der Waals surface area contributed by atoms with Gasteiger partial charge in [-0.15, -0.1) is 0 Å². The lowest BCUT2D eigenvalue weighted by Gasteiger charge is -2.26. The van der Waals surface area contributed by atoms with Gasteiger partial charge >= 0.3 is 6.18 Å². The van der Waals surface area contributed by atoms with Gasteiger partial charge in [0.05, 0.1) is 18.8 Å². The van der Waals surface area contributed by atoms with E-state index in [2.05, 4.69) is 0 Å². The largest absolute Gasteiger partial charge is 0.457 e. The van der Waals surface area contributed by atoms with Gasteiger partial charge < -0.3 is 14.1 Å². The molecule has 0 radical (unpaired) electrons. The highest BCUT2D eigenvalue weighted by Crippen LogP contribution is 2.32. The fraction of sp³-hybridized carbons (Fsp3) is 0.263. The molecule has 5 nitrogen and oxygen atoms in total. The molecule has 0 unspecified atom stereocenters. The summed E-state index contributed by atoms with van der Waals surface area (Å²) < 4.78 is 49.2. The zero-order valence-corrected chi connectivity index (χ0v) is 14.1. The summed E-state index contributed by atoms with van der Waals surface area (Å²) in [6.07, 6.45) is -3.17. The van der Waals surface area contributed by atoms with Crippen molar-refractivity contribution in [3.8, 4) is 17.4 Å². The summed E-state index contributed by atoms with van der Waals surface area (Å²) in [5.74, 6) is -0.0122. The number of amides is 1. The third-order valence-corrected chi connectivity index (χ3v) is 4.04. The molecule has 1 saturated heterocycles. The van der Waals surface area contributed by atoms with Crippen molar-refractivity contribution in [2.45, 2.75) is 6.18 Å². The van der Waals surface area contributed by atoms with E-state index in [-0.39, 0.29) is 22.7 Å². The highest BCUT2D eigenvalue weighted by Gasteiger charge is 2.30. The van der Waals surface area contributed by atoms with Crippen LogP contribution < -0.4 is 0 Å². The highest BCUT2D eigenvalue weighted by molar-refractivity contribution is 6.01. The first-order valence-corrected chi connectivity index (χ1v) is 8.15. The second kappa shape index (κ2) is 7.68. The van der Waals surface area contributed by atoms with E-state index < -0.39 is 17.6 Å². The van der Waals surface area contributed by atoms with Crippen LogP contribution in [0.3, 0.4) is 0 Å². The third kappa shape index (κ3) is 4.38. The van der Waals surface area contributed by atoms with E-state index in [0.717, 1.165) is 12.1 Å². The van der Waals surface area contributed by atoms with E-state index in [1.807, 2.05) is 6.07 Å². The minimum Gasteiger partial charge on any atom is -0.457 e. The lowest BCUT2D eigenvalue weighted by Crippen LogP contribution is -2.41. The Morgan fingerprint density at radius 2 is 1.93 bits per heavy atom. The molecule has 0 saturated carbocycles. The Hall–Kier alpha value is -3.05. The van der Waals surface area contributed by atoms with Gasteiger partial charge in [-0.05, 0) is 24.3 Å². The van der Waals surface area contributed by atoms with E-state index in [0.29, 0.717) is 26.3 Å². The number of ether oxygens (including phenoxy) is 1. The number of rotatable bonds is 3. The predicted molar refractivity (Wildman–Crippen MR) is 90.1 cm³/mol. The number of alkyl halides is 3. The summed E-state index contributed by atoms with van der Waals surface area (Å²) in [5.41, 5.74) is -0.641. The van der Waals surface area contributed by atoms with E-state index in [4.69, 9.17) is 9.15 Å². The molecule has 3 rings (SSSR count). The van der Waals surface area contributed by atoms with E-state index in [1.165, 1.54) is 35.2 Å². The van der Waals surface area contributed by atoms with Crippen molar-refractivity contribution in [1.82, 2.24) is 4.90 Å². The first-order valence-electron chi connectivity index (χ1n) is 8.15. The smallest absolute Gasteiger partial charge is 0.416 e. The molecule has 8 heteroatoms. The Balaban J connectivity index is 1.83. The van der Waals surface area contributed by atoms with Crippen molar-refractivity contribution in [3.05, 3.63) is 53.3 Å². The maximum Gasteiger partial charge on any atom is 0.416 e. The molecule has 0 bridgehead atoms. The quantitative estimate of drug-likeness (QED) is 0.605. The van der Waals surface area contributed by atoms with E-state index in [9.17, 15) is 23.2 Å². The van der Waals surface area contributed by atoms with Crippen molar-refractivity contribution >= 4 is 12.0 Å². The molecule has 1 fully saturated rings. The molecular formula is C19H15F3N2O3. The number of hydrogen-bond donors (Lipinski definition) is 0. The lowest BCUT2D eigenvalue weighted by molar-refractivity contribution is -0.137. The zero-order chi connectivity index (χ0) is 19.4. The van der Waals surface area contributed by atoms with Crippen LogP contribution >= 0.6 is 0 Å². The Labute approximate surface area is 153 Å². The second-order valence-electron chi connectivity index (χ2n) is 5.85. The van der Waals surface area contributed by atoms with Gasteiger partial charge in [-0.3, -0.25) is 4.79 Å². The minimum atomic E-state index is -4.45. The van der Waals surface area contributed by atoms with Gasteiger partial charge in [0.1, 0.15) is 23.2 Å². The average molecular weight is 376 g/mol. The molecule has 1 amide bonds. The normalized spacial score (nSPS) is 15.5. The molecule has 0 aliphatic carbocycles. The topological polar surface area (TPSA) is 66.5 Å². The van der Waals surface area contributed by atoms with Crippen LogP contribution in [0.5, 0.6) is 0 Å². The molecule has 1 aromatic carbocycles. The van der Waals surface area contributed by atoms with Gasteiger partial charge in [0, 0.05) is 24.7 Å². The third-order valence-electron chi connectivity index (χ3n) is 4.04. The average Bonchev–Trinajstić information content (AvgIpc) is 3.14. The first-order chi connectivity index (χ1) is 12.9. The van der Waals surface area contributed by atoms with Gasteiger partial charge in [-0.25, -0.2) is 0 Å². The molecule has 0 N–H and O–H groups in total. The Morgan fingerprint density at radius 1 is 1.19 bits per heavy atom. The molecule has 140 valence electrons. The lowest BCUT2D eigenvalue weighted by atomic mass is 10.1. The number of carbonyl (C=O) groups excluding carboxylic acids is 1. The molecular weight excluding hydrogens is 361 g/mol. The maximum atomic E-state index is 12.8. The fourth-order valence-corrected chi connectivity index (χ4v) is 2.66. The van der Waals surface area contributed by atoms with Crippen LogP contribution in [-0.2, 0) is 15.7 Å². The van der Waals surface area contributed by atoms with Gasteiger partial charge in [0.2, 0.25) is 0 Å². The maximum absolute atomic E-state index is 12.8. The van der Waals surface area contributed by atoms with Gasteiger partial charge in [0.15, 0.2) is 0 Å². The van der Waals surface area contributed by atoms with E-state index in [1.54, 1.807) is 0 Å². The van der Waals surface area contributed by atoms with Gasteiger partial charge in [-0.1, -0.05) is 12.1 Å². The number of morpholine rings is 1. The molecule has 2 aromatic rings. The number of benzene rings is 1. The van der Waals surface area contributed by atoms with Crippen LogP contribution in [0.15, 0.2) is 46.4 Å². The van der Waals surface area contributed by atoms with Crippen LogP contribution in [-0.4, -0.2) is 37.1 Å². The minimum absolute atomic E-state index is 0.109.